The Hall–Kier alpha value is -2.46. The van der Waals surface area contributed by atoms with E-state index in [9.17, 15) is 9.59 Å². The van der Waals surface area contributed by atoms with Gasteiger partial charge in [-0.3, -0.25) is 19.5 Å². The molecule has 1 amide bonds. The molecule has 2 aromatic carbocycles. The molecule has 30 heavy (non-hydrogen) atoms. The van der Waals surface area contributed by atoms with Gasteiger partial charge in [-0.25, -0.2) is 4.98 Å². The van der Waals surface area contributed by atoms with Crippen molar-refractivity contribution in [1.29, 1.82) is 0 Å². The van der Waals surface area contributed by atoms with E-state index in [-0.39, 0.29) is 12.1 Å². The van der Waals surface area contributed by atoms with E-state index in [2.05, 4.69) is 20.5 Å². The van der Waals surface area contributed by atoms with Crippen molar-refractivity contribution in [3.05, 3.63) is 74.8 Å². The number of rotatable bonds is 6. The Morgan fingerprint density at radius 2 is 1.87 bits per heavy atom. The zero-order valence-electron chi connectivity index (χ0n) is 15.2. The third kappa shape index (κ3) is 4.65. The third-order valence-corrected chi connectivity index (χ3v) is 6.81. The summed E-state index contributed by atoms with van der Waals surface area (Å²) in [6.07, 6.45) is 1.36. The highest BCUT2D eigenvalue weighted by Gasteiger charge is 2.13. The Balaban J connectivity index is 1.40. The van der Waals surface area contributed by atoms with E-state index in [0.29, 0.717) is 36.2 Å². The van der Waals surface area contributed by atoms with Crippen LogP contribution in [-0.2, 0) is 17.1 Å². The molecule has 0 saturated heterocycles. The van der Waals surface area contributed by atoms with Gasteiger partial charge in [0.1, 0.15) is 6.54 Å². The average molecular weight is 478 g/mol. The summed E-state index contributed by atoms with van der Waals surface area (Å²) in [5.74, 6) is 0.134. The van der Waals surface area contributed by atoms with E-state index in [1.54, 1.807) is 42.5 Å². The largest absolute Gasteiger partial charge is 0.299 e. The van der Waals surface area contributed by atoms with Crippen molar-refractivity contribution in [1.82, 2.24) is 19.7 Å². The summed E-state index contributed by atoms with van der Waals surface area (Å²) < 4.78 is 1.92. The van der Waals surface area contributed by atoms with Gasteiger partial charge < -0.3 is 0 Å². The predicted molar refractivity (Wildman–Crippen MR) is 121 cm³/mol. The number of halogens is 2. The van der Waals surface area contributed by atoms with Gasteiger partial charge in [0, 0.05) is 15.8 Å². The Morgan fingerprint density at radius 1 is 1.10 bits per heavy atom. The van der Waals surface area contributed by atoms with Gasteiger partial charge in [-0.1, -0.05) is 64.5 Å². The van der Waals surface area contributed by atoms with Gasteiger partial charge in [0.2, 0.25) is 11.0 Å². The van der Waals surface area contributed by atoms with Gasteiger partial charge >= 0.3 is 0 Å². The number of carbonyl (C=O) groups is 1. The minimum absolute atomic E-state index is 0.173. The quantitative estimate of drug-likeness (QED) is 0.325. The van der Waals surface area contributed by atoms with Gasteiger partial charge in [0.05, 0.1) is 17.2 Å². The van der Waals surface area contributed by atoms with Crippen LogP contribution in [0.25, 0.3) is 10.9 Å². The van der Waals surface area contributed by atoms with Crippen LogP contribution >= 0.6 is 46.3 Å². The topological polar surface area (TPSA) is 89.8 Å². The summed E-state index contributed by atoms with van der Waals surface area (Å²) in [5, 5.41) is 12.7. The van der Waals surface area contributed by atoms with Crippen LogP contribution in [-0.4, -0.2) is 25.7 Å². The highest BCUT2D eigenvalue weighted by atomic mass is 35.5. The fraction of sp³-hybridized carbons (Fsp3) is 0.105. The number of nitrogens with zero attached hydrogens (tertiary/aromatic N) is 4. The lowest BCUT2D eigenvalue weighted by atomic mass is 10.2. The number of hydrogen-bond donors (Lipinski definition) is 1. The molecule has 0 radical (unpaired) electrons. The molecule has 0 aliphatic carbocycles. The second kappa shape index (κ2) is 9.13. The standard InChI is InChI=1S/C19H13Cl2N5O2S2/c20-13-5-3-6-14(21)12(13)9-29-19-25-24-18(30-19)23-16(27)8-26-10-22-15-7-2-1-4-11(15)17(26)28/h1-7,10H,8-9H2,(H,23,24,27). The number of amides is 1. The number of benzene rings is 2. The van der Waals surface area contributed by atoms with Gasteiger partial charge in [-0.2, -0.15) is 0 Å². The van der Waals surface area contributed by atoms with Crippen molar-refractivity contribution in [3.63, 3.8) is 0 Å². The number of thioether (sulfide) groups is 1. The summed E-state index contributed by atoms with van der Waals surface area (Å²) in [5.41, 5.74) is 1.12. The second-order valence-corrected chi connectivity index (χ2v) is 9.12. The van der Waals surface area contributed by atoms with Crippen molar-refractivity contribution >= 4 is 68.2 Å². The maximum Gasteiger partial charge on any atom is 0.261 e. The summed E-state index contributed by atoms with van der Waals surface area (Å²) in [4.78, 5) is 29.0. The smallest absolute Gasteiger partial charge is 0.261 e. The van der Waals surface area contributed by atoms with E-state index < -0.39 is 5.91 Å². The minimum atomic E-state index is -0.393. The number of para-hydroxylation sites is 1. The number of aromatic nitrogens is 4. The van der Waals surface area contributed by atoms with Crippen LogP contribution in [0.5, 0.6) is 0 Å². The second-order valence-electron chi connectivity index (χ2n) is 6.10. The Morgan fingerprint density at radius 3 is 2.67 bits per heavy atom. The van der Waals surface area contributed by atoms with Crippen molar-refractivity contribution in [2.45, 2.75) is 16.6 Å². The molecule has 1 N–H and O–H groups in total. The van der Waals surface area contributed by atoms with Crippen LogP contribution in [0.1, 0.15) is 5.56 Å². The van der Waals surface area contributed by atoms with E-state index in [1.165, 1.54) is 34.0 Å². The lowest BCUT2D eigenvalue weighted by Crippen LogP contribution is -2.27. The van der Waals surface area contributed by atoms with Gasteiger partial charge in [-0.05, 0) is 29.8 Å². The molecule has 0 aliphatic rings. The molecule has 152 valence electrons. The van der Waals surface area contributed by atoms with Crippen LogP contribution in [0.15, 0.2) is 57.9 Å². The van der Waals surface area contributed by atoms with Crippen LogP contribution < -0.4 is 10.9 Å². The first kappa shape index (κ1) is 20.8. The Bertz CT molecular complexity index is 1270. The summed E-state index contributed by atoms with van der Waals surface area (Å²) >= 11 is 15.0. The molecular formula is C19H13Cl2N5O2S2. The van der Waals surface area contributed by atoms with Crippen LogP contribution in [0.2, 0.25) is 10.0 Å². The molecule has 0 atom stereocenters. The summed E-state index contributed by atoms with van der Waals surface area (Å²) in [7, 11) is 0. The molecule has 2 heterocycles. The molecule has 0 spiro atoms. The van der Waals surface area contributed by atoms with Crippen LogP contribution in [0.3, 0.4) is 0 Å². The lowest BCUT2D eigenvalue weighted by Gasteiger charge is -2.06. The highest BCUT2D eigenvalue weighted by molar-refractivity contribution is 8.00. The van der Waals surface area contributed by atoms with Crippen molar-refractivity contribution in [2.24, 2.45) is 0 Å². The highest BCUT2D eigenvalue weighted by Crippen LogP contribution is 2.33. The third-order valence-electron chi connectivity index (χ3n) is 4.10. The normalized spacial score (nSPS) is 11.0. The summed E-state index contributed by atoms with van der Waals surface area (Å²) in [6.45, 7) is -0.173. The first-order valence-corrected chi connectivity index (χ1v) is 11.2. The molecule has 0 aliphatic heterocycles. The number of hydrogen-bond acceptors (Lipinski definition) is 7. The number of fused-ring (bicyclic) bond motifs is 1. The molecule has 7 nitrogen and oxygen atoms in total. The van der Waals surface area contributed by atoms with Gasteiger partial charge in [0.15, 0.2) is 4.34 Å². The van der Waals surface area contributed by atoms with E-state index in [1.807, 2.05) is 0 Å². The SMILES string of the molecule is O=C(Cn1cnc2ccccc2c1=O)Nc1nnc(SCc2c(Cl)cccc2Cl)s1. The lowest BCUT2D eigenvalue weighted by molar-refractivity contribution is -0.116. The van der Waals surface area contributed by atoms with Crippen LogP contribution in [0.4, 0.5) is 5.13 Å². The fourth-order valence-electron chi connectivity index (χ4n) is 2.65. The first-order valence-electron chi connectivity index (χ1n) is 8.64. The van der Waals surface area contributed by atoms with Crippen molar-refractivity contribution in [2.75, 3.05) is 5.32 Å². The Kier molecular flexibility index (Phi) is 6.33. The van der Waals surface area contributed by atoms with Crippen molar-refractivity contribution in [3.8, 4) is 0 Å². The van der Waals surface area contributed by atoms with E-state index >= 15 is 0 Å². The zero-order chi connectivity index (χ0) is 21.1. The maximum absolute atomic E-state index is 12.5. The number of anilines is 1. The zero-order valence-corrected chi connectivity index (χ0v) is 18.4. The molecule has 2 aromatic heterocycles. The molecule has 4 rings (SSSR count). The van der Waals surface area contributed by atoms with E-state index in [4.69, 9.17) is 23.2 Å². The minimum Gasteiger partial charge on any atom is -0.299 e. The average Bonchev–Trinajstić information content (AvgIpc) is 3.17. The number of carbonyl (C=O) groups excluding carboxylic acids is 1. The molecule has 11 heteroatoms. The van der Waals surface area contributed by atoms with Gasteiger partial charge in [-0.15, -0.1) is 10.2 Å². The fourth-order valence-corrected chi connectivity index (χ4v) is 5.16. The van der Waals surface area contributed by atoms with Gasteiger partial charge in [0.25, 0.3) is 5.56 Å². The molecule has 0 saturated carbocycles. The number of nitrogens with one attached hydrogen (secondary N) is 1. The molecule has 0 fully saturated rings. The predicted octanol–water partition coefficient (Wildman–Crippen LogP) is 4.49. The molecule has 4 aromatic rings. The summed E-state index contributed by atoms with van der Waals surface area (Å²) in [6, 6.07) is 12.3. The molecular weight excluding hydrogens is 465 g/mol. The van der Waals surface area contributed by atoms with Crippen LogP contribution in [0, 0.1) is 0 Å². The monoisotopic (exact) mass is 477 g/mol. The molecule has 0 unspecified atom stereocenters. The first-order chi connectivity index (χ1) is 14.5. The van der Waals surface area contributed by atoms with Crippen molar-refractivity contribution < 1.29 is 4.79 Å². The molecule has 0 bridgehead atoms. The Labute approximate surface area is 189 Å². The van der Waals surface area contributed by atoms with E-state index in [0.717, 1.165) is 5.56 Å². The maximum atomic E-state index is 12.5.